The number of urea groups is 1. The van der Waals surface area contributed by atoms with Gasteiger partial charge in [0, 0.05) is 18.1 Å². The van der Waals surface area contributed by atoms with Crippen LogP contribution >= 0.6 is 11.6 Å². The lowest BCUT2D eigenvalue weighted by Crippen LogP contribution is -2.40. The van der Waals surface area contributed by atoms with Gasteiger partial charge in [-0.2, -0.15) is 5.10 Å². The monoisotopic (exact) mass is 340 g/mol. The van der Waals surface area contributed by atoms with E-state index >= 15 is 0 Å². The van der Waals surface area contributed by atoms with E-state index in [1.807, 2.05) is 61.3 Å². The molecule has 0 saturated carbocycles. The van der Waals surface area contributed by atoms with E-state index in [9.17, 15) is 4.79 Å². The van der Waals surface area contributed by atoms with Crippen LogP contribution in [0.25, 0.3) is 10.9 Å². The summed E-state index contributed by atoms with van der Waals surface area (Å²) in [5.41, 5.74) is 3.88. The molecule has 1 aliphatic rings. The van der Waals surface area contributed by atoms with E-state index in [2.05, 4.69) is 10.4 Å². The number of benzene rings is 2. The van der Waals surface area contributed by atoms with Gasteiger partial charge in [0.2, 0.25) is 0 Å². The molecular formula is C18H17ClN4O. The van der Waals surface area contributed by atoms with Crippen molar-refractivity contribution in [1.82, 2.24) is 14.7 Å². The summed E-state index contributed by atoms with van der Waals surface area (Å²) in [4.78, 5) is 14.4. The number of rotatable bonds is 2. The van der Waals surface area contributed by atoms with Gasteiger partial charge in [0.25, 0.3) is 0 Å². The smallest absolute Gasteiger partial charge is 0.313 e. The van der Waals surface area contributed by atoms with Crippen molar-refractivity contribution in [3.05, 3.63) is 58.7 Å². The van der Waals surface area contributed by atoms with E-state index in [4.69, 9.17) is 11.6 Å². The Balaban J connectivity index is 1.74. The summed E-state index contributed by atoms with van der Waals surface area (Å²) in [5, 5.41) is 8.62. The van der Waals surface area contributed by atoms with Crippen molar-refractivity contribution in [3.8, 4) is 0 Å². The predicted molar refractivity (Wildman–Crippen MR) is 95.1 cm³/mol. The molecule has 122 valence electrons. The Morgan fingerprint density at radius 2 is 2.00 bits per heavy atom. The van der Waals surface area contributed by atoms with Gasteiger partial charge >= 0.3 is 6.03 Å². The van der Waals surface area contributed by atoms with Crippen LogP contribution in [0.15, 0.2) is 42.5 Å². The summed E-state index contributed by atoms with van der Waals surface area (Å²) < 4.78 is 1.73. The molecule has 1 unspecified atom stereocenters. The average molecular weight is 341 g/mol. The van der Waals surface area contributed by atoms with Gasteiger partial charge in [-0.05, 0) is 30.2 Å². The Kier molecular flexibility index (Phi) is 3.46. The third kappa shape index (κ3) is 2.32. The van der Waals surface area contributed by atoms with Gasteiger partial charge in [0.05, 0.1) is 18.1 Å². The molecule has 1 aromatic heterocycles. The molecule has 0 saturated heterocycles. The lowest BCUT2D eigenvalue weighted by molar-refractivity contribution is 0.186. The van der Waals surface area contributed by atoms with Crippen molar-refractivity contribution in [3.63, 3.8) is 0 Å². The van der Waals surface area contributed by atoms with Gasteiger partial charge in [0.15, 0.2) is 5.15 Å². The molecule has 1 aliphatic heterocycles. The van der Waals surface area contributed by atoms with Gasteiger partial charge < -0.3 is 10.2 Å². The zero-order valence-corrected chi connectivity index (χ0v) is 14.2. The lowest BCUT2D eigenvalue weighted by atomic mass is 10.0. The maximum absolute atomic E-state index is 12.6. The fourth-order valence-corrected chi connectivity index (χ4v) is 3.48. The van der Waals surface area contributed by atoms with Gasteiger partial charge in [-0.15, -0.1) is 0 Å². The highest BCUT2D eigenvalue weighted by Gasteiger charge is 2.28. The van der Waals surface area contributed by atoms with E-state index in [-0.39, 0.29) is 12.1 Å². The molecule has 0 fully saturated rings. The zero-order chi connectivity index (χ0) is 16.8. The van der Waals surface area contributed by atoms with Crippen molar-refractivity contribution < 1.29 is 4.79 Å². The second kappa shape index (κ2) is 5.53. The summed E-state index contributed by atoms with van der Waals surface area (Å²) in [5.74, 6) is 0. The van der Waals surface area contributed by atoms with E-state index in [0.29, 0.717) is 11.7 Å². The number of hydrogen-bond donors (Lipinski definition) is 1. The van der Waals surface area contributed by atoms with Crippen LogP contribution in [0.1, 0.15) is 24.1 Å². The molecule has 3 aromatic rings. The highest BCUT2D eigenvalue weighted by atomic mass is 35.5. The number of anilines is 1. The van der Waals surface area contributed by atoms with Crippen molar-refractivity contribution in [1.29, 1.82) is 0 Å². The van der Waals surface area contributed by atoms with Crippen LogP contribution < -0.4 is 5.32 Å². The zero-order valence-electron chi connectivity index (χ0n) is 13.5. The number of carbonyl (C=O) groups excluding carboxylic acids is 1. The first-order valence-corrected chi connectivity index (χ1v) is 8.20. The highest BCUT2D eigenvalue weighted by Crippen LogP contribution is 2.34. The molecule has 2 heterocycles. The van der Waals surface area contributed by atoms with E-state index in [1.54, 1.807) is 4.68 Å². The van der Waals surface area contributed by atoms with Gasteiger partial charge in [-0.3, -0.25) is 4.68 Å². The number of halogens is 1. The lowest BCUT2D eigenvalue weighted by Gasteiger charge is -2.34. The average Bonchev–Trinajstić information content (AvgIpc) is 2.86. The minimum atomic E-state index is -0.0912. The van der Waals surface area contributed by atoms with Gasteiger partial charge in [0.1, 0.15) is 0 Å². The minimum absolute atomic E-state index is 0.0144. The SMILES string of the molecule is CC(c1ccccc1)N1Cc2cc3c(Cl)nn(C)c3cc2NC1=O. The molecule has 2 aromatic carbocycles. The Morgan fingerprint density at radius 1 is 1.25 bits per heavy atom. The molecule has 5 nitrogen and oxygen atoms in total. The van der Waals surface area contributed by atoms with E-state index < -0.39 is 0 Å². The van der Waals surface area contributed by atoms with Crippen LogP contribution in [-0.2, 0) is 13.6 Å². The molecule has 6 heteroatoms. The fraction of sp³-hybridized carbons (Fsp3) is 0.222. The number of nitrogens with zero attached hydrogens (tertiary/aromatic N) is 3. The molecule has 0 bridgehead atoms. The molecule has 0 spiro atoms. The third-order valence-electron chi connectivity index (χ3n) is 4.62. The number of aryl methyl sites for hydroxylation is 1. The van der Waals surface area contributed by atoms with Crippen LogP contribution in [0.3, 0.4) is 0 Å². The third-order valence-corrected chi connectivity index (χ3v) is 4.90. The topological polar surface area (TPSA) is 50.2 Å². The van der Waals surface area contributed by atoms with Gasteiger partial charge in [-0.1, -0.05) is 41.9 Å². The normalized spacial score (nSPS) is 15.3. The standard InChI is InChI=1S/C18H17ClN4O/c1-11(12-6-4-3-5-7-12)23-10-13-8-14-16(22(2)21-17(14)19)9-15(13)20-18(23)24/h3-9,11H,10H2,1-2H3,(H,20,24). The molecule has 0 aliphatic carbocycles. The maximum Gasteiger partial charge on any atom is 0.322 e. The Morgan fingerprint density at radius 3 is 2.75 bits per heavy atom. The van der Waals surface area contributed by atoms with Crippen LogP contribution in [0, 0.1) is 0 Å². The predicted octanol–water partition coefficient (Wildman–Crippen LogP) is 4.34. The number of carbonyl (C=O) groups is 1. The second-order valence-corrected chi connectivity index (χ2v) is 6.44. The summed E-state index contributed by atoms with van der Waals surface area (Å²) in [6.07, 6.45) is 0. The summed E-state index contributed by atoms with van der Waals surface area (Å²) >= 11 is 6.21. The number of amides is 2. The quantitative estimate of drug-likeness (QED) is 0.754. The van der Waals surface area contributed by atoms with Crippen molar-refractivity contribution in [2.75, 3.05) is 5.32 Å². The van der Waals surface area contributed by atoms with Crippen LogP contribution in [0.2, 0.25) is 5.15 Å². The number of fused-ring (bicyclic) bond motifs is 2. The first-order chi connectivity index (χ1) is 11.5. The number of hydrogen-bond acceptors (Lipinski definition) is 2. The van der Waals surface area contributed by atoms with Crippen LogP contribution in [0.5, 0.6) is 0 Å². The summed E-state index contributed by atoms with van der Waals surface area (Å²) in [7, 11) is 1.84. The van der Waals surface area contributed by atoms with Crippen molar-refractivity contribution in [2.45, 2.75) is 19.5 Å². The van der Waals surface area contributed by atoms with Crippen LogP contribution in [0.4, 0.5) is 10.5 Å². The molecule has 1 N–H and O–H groups in total. The molecular weight excluding hydrogens is 324 g/mol. The van der Waals surface area contributed by atoms with Crippen molar-refractivity contribution >= 4 is 34.2 Å². The van der Waals surface area contributed by atoms with E-state index in [1.165, 1.54) is 0 Å². The molecule has 24 heavy (non-hydrogen) atoms. The first-order valence-electron chi connectivity index (χ1n) is 7.82. The fourth-order valence-electron chi connectivity index (χ4n) is 3.22. The van der Waals surface area contributed by atoms with E-state index in [0.717, 1.165) is 27.7 Å². The number of aromatic nitrogens is 2. The number of nitrogens with one attached hydrogen (secondary N) is 1. The maximum atomic E-state index is 12.6. The van der Waals surface area contributed by atoms with Gasteiger partial charge in [-0.25, -0.2) is 4.79 Å². The highest BCUT2D eigenvalue weighted by molar-refractivity contribution is 6.34. The Hall–Kier alpha value is -2.53. The summed E-state index contributed by atoms with van der Waals surface area (Å²) in [6, 6.07) is 13.9. The Bertz CT molecular complexity index is 935. The molecule has 1 atom stereocenters. The second-order valence-electron chi connectivity index (χ2n) is 6.09. The molecule has 2 amide bonds. The van der Waals surface area contributed by atoms with Crippen molar-refractivity contribution in [2.24, 2.45) is 7.05 Å². The minimum Gasteiger partial charge on any atom is -0.313 e. The first kappa shape index (κ1) is 15.0. The largest absolute Gasteiger partial charge is 0.322 e. The molecule has 0 radical (unpaired) electrons. The van der Waals surface area contributed by atoms with Crippen LogP contribution in [-0.4, -0.2) is 20.7 Å². The Labute approximate surface area is 144 Å². The molecule has 4 rings (SSSR count). The summed E-state index contributed by atoms with van der Waals surface area (Å²) in [6.45, 7) is 2.58.